The molecule has 174 valence electrons. The van der Waals surface area contributed by atoms with Crippen molar-refractivity contribution in [1.29, 1.82) is 0 Å². The minimum absolute atomic E-state index is 0.289. The minimum atomic E-state index is -0.509. The van der Waals surface area contributed by atoms with Crippen molar-refractivity contribution < 1.29 is 33.3 Å². The monoisotopic (exact) mass is 460 g/mol. The third-order valence-electron chi connectivity index (χ3n) is 4.52. The Bertz CT molecular complexity index is 1090. The fourth-order valence-corrected chi connectivity index (χ4v) is 2.86. The van der Waals surface area contributed by atoms with Gasteiger partial charge in [-0.25, -0.2) is 9.59 Å². The number of ether oxygens (including phenoxy) is 4. The maximum Gasteiger partial charge on any atom is 0.343 e. The van der Waals surface area contributed by atoms with Gasteiger partial charge in [0.15, 0.2) is 0 Å². The second-order valence-electron chi connectivity index (χ2n) is 7.06. The Morgan fingerprint density at radius 1 is 0.912 bits per heavy atom. The van der Waals surface area contributed by atoms with Gasteiger partial charge in [-0.2, -0.15) is 0 Å². The van der Waals surface area contributed by atoms with E-state index in [1.54, 1.807) is 54.6 Å². The molecule has 0 fully saturated rings. The first-order chi connectivity index (χ1) is 16.6. The maximum absolute atomic E-state index is 12.5. The Balaban J connectivity index is 1.50. The Labute approximate surface area is 197 Å². The Morgan fingerprint density at radius 3 is 2.47 bits per heavy atom. The van der Waals surface area contributed by atoms with Gasteiger partial charge in [-0.05, 0) is 54.1 Å². The first-order valence-electron chi connectivity index (χ1n) is 10.7. The molecule has 7 heteroatoms. The maximum atomic E-state index is 12.5. The number of carbonyl (C=O) groups excluding carboxylic acids is 3. The van der Waals surface area contributed by atoms with Crippen LogP contribution in [0, 0.1) is 0 Å². The fraction of sp³-hybridized carbons (Fsp3) is 0.148. The van der Waals surface area contributed by atoms with E-state index in [0.717, 1.165) is 5.56 Å². The smallest absolute Gasteiger partial charge is 0.343 e. The summed E-state index contributed by atoms with van der Waals surface area (Å²) in [4.78, 5) is 34.6. The zero-order valence-electron chi connectivity index (χ0n) is 18.4. The number of allylic oxidation sites excluding steroid dienone is 4. The molecule has 0 radical (unpaired) electrons. The highest BCUT2D eigenvalue weighted by atomic mass is 16.5. The second kappa shape index (κ2) is 13.2. The van der Waals surface area contributed by atoms with E-state index in [-0.39, 0.29) is 6.61 Å². The molecule has 0 atom stereocenters. The molecule has 1 aliphatic carbocycles. The largest absolute Gasteiger partial charge is 0.493 e. The molecule has 0 aromatic heterocycles. The molecule has 0 N–H and O–H groups in total. The molecule has 7 nitrogen and oxygen atoms in total. The summed E-state index contributed by atoms with van der Waals surface area (Å²) in [7, 11) is 0. The summed E-state index contributed by atoms with van der Waals surface area (Å²) in [5.41, 5.74) is 1.26. The number of rotatable bonds is 11. The molecule has 0 unspecified atom stereocenters. The van der Waals surface area contributed by atoms with E-state index >= 15 is 0 Å². The van der Waals surface area contributed by atoms with Crippen LogP contribution in [0.4, 0.5) is 0 Å². The molecular formula is C27H24O7. The van der Waals surface area contributed by atoms with Gasteiger partial charge in [0.2, 0.25) is 0 Å². The first kappa shape index (κ1) is 24.3. The minimum Gasteiger partial charge on any atom is -0.493 e. The van der Waals surface area contributed by atoms with Gasteiger partial charge in [-0.3, -0.25) is 4.79 Å². The predicted molar refractivity (Wildman–Crippen MR) is 125 cm³/mol. The molecule has 0 amide bonds. The number of esters is 2. The van der Waals surface area contributed by atoms with E-state index in [9.17, 15) is 14.4 Å². The lowest BCUT2D eigenvalue weighted by Crippen LogP contribution is -2.05. The van der Waals surface area contributed by atoms with E-state index in [0.29, 0.717) is 48.8 Å². The average Bonchev–Trinajstić information content (AvgIpc) is 3.08. The molecular weight excluding hydrogens is 436 g/mol. The second-order valence-corrected chi connectivity index (χ2v) is 7.06. The molecule has 2 aromatic rings. The molecule has 0 saturated heterocycles. The van der Waals surface area contributed by atoms with Crippen molar-refractivity contribution in [3.05, 3.63) is 108 Å². The molecule has 3 rings (SSSR count). The molecule has 0 aliphatic heterocycles. The molecule has 0 bridgehead atoms. The molecule has 0 heterocycles. The van der Waals surface area contributed by atoms with Gasteiger partial charge in [0.1, 0.15) is 17.3 Å². The van der Waals surface area contributed by atoms with Crippen molar-refractivity contribution in [1.82, 2.24) is 0 Å². The van der Waals surface area contributed by atoms with Crippen molar-refractivity contribution in [2.45, 2.75) is 12.8 Å². The van der Waals surface area contributed by atoms with Crippen molar-refractivity contribution >= 4 is 24.5 Å². The summed E-state index contributed by atoms with van der Waals surface area (Å²) in [6, 6.07) is 16.0. The lowest BCUT2D eigenvalue weighted by atomic mass is 10.2. The predicted octanol–water partition coefficient (Wildman–Crippen LogP) is 4.77. The quantitative estimate of drug-likeness (QED) is 0.157. The summed E-state index contributed by atoms with van der Waals surface area (Å²) in [6.07, 6.45) is 10.5. The Hall–Kier alpha value is -4.39. The van der Waals surface area contributed by atoms with Crippen LogP contribution in [-0.4, -0.2) is 31.6 Å². The zero-order valence-corrected chi connectivity index (χ0v) is 18.4. The average molecular weight is 460 g/mol. The number of carbonyl (C=O) groups is 3. The highest BCUT2D eigenvalue weighted by Gasteiger charge is 2.12. The van der Waals surface area contributed by atoms with E-state index < -0.39 is 11.9 Å². The summed E-state index contributed by atoms with van der Waals surface area (Å²) < 4.78 is 20.9. The van der Waals surface area contributed by atoms with Crippen LogP contribution >= 0.6 is 0 Å². The Morgan fingerprint density at radius 2 is 1.71 bits per heavy atom. The van der Waals surface area contributed by atoms with Crippen LogP contribution in [0.1, 0.15) is 28.8 Å². The topological polar surface area (TPSA) is 88.1 Å². The van der Waals surface area contributed by atoms with Crippen molar-refractivity contribution in [3.63, 3.8) is 0 Å². The molecule has 1 aliphatic rings. The van der Waals surface area contributed by atoms with E-state index in [4.69, 9.17) is 14.2 Å². The zero-order chi connectivity index (χ0) is 24.0. The standard InChI is InChI=1S/C27H24O7/c28-20-31-18-5-19-32-23-13-11-22(12-14-23)27(30)34-25-9-4-8-24(15-16-25)33-26(29)17-10-21-6-2-1-3-7-21/h1-4,6-8,10-17,20H,5,9,18-19H2/b17-10+. The van der Waals surface area contributed by atoms with Crippen LogP contribution in [0.5, 0.6) is 5.75 Å². The third kappa shape index (κ3) is 8.27. The van der Waals surface area contributed by atoms with Crippen LogP contribution in [-0.2, 0) is 23.8 Å². The van der Waals surface area contributed by atoms with Gasteiger partial charge >= 0.3 is 11.9 Å². The summed E-state index contributed by atoms with van der Waals surface area (Å²) in [5.74, 6) is 0.337. The third-order valence-corrected chi connectivity index (χ3v) is 4.52. The van der Waals surface area contributed by atoms with Crippen molar-refractivity contribution in [3.8, 4) is 5.75 Å². The number of benzene rings is 2. The summed E-state index contributed by atoms with van der Waals surface area (Å²) >= 11 is 0. The van der Waals surface area contributed by atoms with Gasteiger partial charge in [-0.1, -0.05) is 36.4 Å². The normalized spacial score (nSPS) is 12.8. The van der Waals surface area contributed by atoms with Gasteiger partial charge < -0.3 is 18.9 Å². The Kier molecular flexibility index (Phi) is 9.43. The molecule has 34 heavy (non-hydrogen) atoms. The first-order valence-corrected chi connectivity index (χ1v) is 10.7. The van der Waals surface area contributed by atoms with E-state index in [1.165, 1.54) is 6.08 Å². The summed E-state index contributed by atoms with van der Waals surface area (Å²) in [6.45, 7) is 1.07. The molecule has 0 saturated carbocycles. The van der Waals surface area contributed by atoms with Crippen molar-refractivity contribution in [2.75, 3.05) is 13.2 Å². The van der Waals surface area contributed by atoms with Crippen LogP contribution in [0.2, 0.25) is 0 Å². The highest BCUT2D eigenvalue weighted by Crippen LogP contribution is 2.18. The van der Waals surface area contributed by atoms with Crippen LogP contribution in [0.15, 0.2) is 96.5 Å². The molecule has 0 spiro atoms. The van der Waals surface area contributed by atoms with Crippen LogP contribution in [0.25, 0.3) is 6.08 Å². The van der Waals surface area contributed by atoms with E-state index in [1.807, 2.05) is 30.3 Å². The van der Waals surface area contributed by atoms with Crippen LogP contribution < -0.4 is 4.74 Å². The van der Waals surface area contributed by atoms with Gasteiger partial charge in [0, 0.05) is 18.9 Å². The van der Waals surface area contributed by atoms with Gasteiger partial charge in [0.25, 0.3) is 6.47 Å². The molecule has 2 aromatic carbocycles. The van der Waals surface area contributed by atoms with Crippen molar-refractivity contribution in [2.24, 2.45) is 0 Å². The lowest BCUT2D eigenvalue weighted by Gasteiger charge is -2.08. The van der Waals surface area contributed by atoms with Gasteiger partial charge in [0.05, 0.1) is 18.8 Å². The summed E-state index contributed by atoms with van der Waals surface area (Å²) in [5, 5.41) is 0. The number of hydrogen-bond donors (Lipinski definition) is 0. The highest BCUT2D eigenvalue weighted by molar-refractivity contribution is 5.90. The van der Waals surface area contributed by atoms with E-state index in [2.05, 4.69) is 4.74 Å². The number of hydrogen-bond acceptors (Lipinski definition) is 7. The fourth-order valence-electron chi connectivity index (χ4n) is 2.86. The van der Waals surface area contributed by atoms with Crippen LogP contribution in [0.3, 0.4) is 0 Å². The SMILES string of the molecule is O=COCCCOc1ccc(C(=O)OC2=CC=C(OC(=O)/C=C/c3ccccc3)C=CC2)cc1. The van der Waals surface area contributed by atoms with Gasteiger partial charge in [-0.15, -0.1) is 0 Å². The lowest BCUT2D eigenvalue weighted by molar-refractivity contribution is -0.133.